The van der Waals surface area contributed by atoms with Crippen LogP contribution < -0.4 is 10.1 Å². The maximum absolute atomic E-state index is 11.9. The lowest BCUT2D eigenvalue weighted by Gasteiger charge is -2.06. The molecule has 0 fully saturated rings. The number of carbonyl (C=O) groups excluding carboxylic acids is 1. The molecule has 0 atom stereocenters. The van der Waals surface area contributed by atoms with Crippen LogP contribution in [-0.4, -0.2) is 11.0 Å². The summed E-state index contributed by atoms with van der Waals surface area (Å²) in [6.07, 6.45) is 3.17. The first-order valence-electron chi connectivity index (χ1n) is 8.24. The highest BCUT2D eigenvalue weighted by atomic mass is 16.5. The summed E-state index contributed by atoms with van der Waals surface area (Å²) in [4.78, 5) is 11.9. The Morgan fingerprint density at radius 2 is 1.73 bits per heavy atom. The average molecular weight is 345 g/mol. The van der Waals surface area contributed by atoms with Crippen molar-refractivity contribution in [3.05, 3.63) is 96.1 Å². The first kappa shape index (κ1) is 17.3. The number of carbonyl (C=O) groups is 1. The van der Waals surface area contributed by atoms with Gasteiger partial charge < -0.3 is 15.2 Å². The van der Waals surface area contributed by atoms with E-state index < -0.39 is 0 Å². The summed E-state index contributed by atoms with van der Waals surface area (Å²) in [5.74, 6) is 0.619. The lowest BCUT2D eigenvalue weighted by atomic mass is 10.2. The summed E-state index contributed by atoms with van der Waals surface area (Å²) >= 11 is 0. The van der Waals surface area contributed by atoms with Crippen LogP contribution in [0.15, 0.2) is 84.9 Å². The lowest BCUT2D eigenvalue weighted by molar-refractivity contribution is -0.111. The van der Waals surface area contributed by atoms with Crippen molar-refractivity contribution < 1.29 is 14.6 Å². The highest BCUT2D eigenvalue weighted by Gasteiger charge is 1.99. The Balaban J connectivity index is 1.53. The topological polar surface area (TPSA) is 58.6 Å². The minimum Gasteiger partial charge on any atom is -0.508 e. The van der Waals surface area contributed by atoms with Crippen LogP contribution >= 0.6 is 0 Å². The zero-order valence-electron chi connectivity index (χ0n) is 14.1. The quantitative estimate of drug-likeness (QED) is 0.641. The van der Waals surface area contributed by atoms with Crippen LogP contribution in [0.5, 0.6) is 11.5 Å². The molecule has 0 saturated carbocycles. The second-order valence-corrected chi connectivity index (χ2v) is 5.72. The third-order valence-electron chi connectivity index (χ3n) is 3.67. The second kappa shape index (κ2) is 8.53. The number of anilines is 1. The predicted octanol–water partition coefficient (Wildman–Crippen LogP) is 4.62. The number of nitrogens with one attached hydrogen (secondary N) is 1. The van der Waals surface area contributed by atoms with Gasteiger partial charge in [-0.3, -0.25) is 4.79 Å². The molecule has 2 N–H and O–H groups in total. The van der Waals surface area contributed by atoms with Crippen LogP contribution in [-0.2, 0) is 11.4 Å². The maximum atomic E-state index is 11.9. The van der Waals surface area contributed by atoms with Crippen LogP contribution in [0.4, 0.5) is 5.69 Å². The van der Waals surface area contributed by atoms with E-state index in [1.807, 2.05) is 54.6 Å². The van der Waals surface area contributed by atoms with Crippen LogP contribution in [0, 0.1) is 0 Å². The Morgan fingerprint density at radius 1 is 0.962 bits per heavy atom. The molecule has 0 heterocycles. The maximum Gasteiger partial charge on any atom is 0.248 e. The Bertz CT molecular complexity index is 887. The molecule has 4 heteroatoms. The van der Waals surface area contributed by atoms with Crippen molar-refractivity contribution in [1.82, 2.24) is 0 Å². The molecule has 26 heavy (non-hydrogen) atoms. The van der Waals surface area contributed by atoms with Crippen molar-refractivity contribution in [2.75, 3.05) is 5.32 Å². The Hall–Kier alpha value is -3.53. The zero-order valence-corrected chi connectivity index (χ0v) is 14.1. The van der Waals surface area contributed by atoms with Crippen LogP contribution in [0.2, 0.25) is 0 Å². The van der Waals surface area contributed by atoms with Crippen LogP contribution in [0.1, 0.15) is 11.1 Å². The van der Waals surface area contributed by atoms with Crippen LogP contribution in [0.25, 0.3) is 6.08 Å². The van der Waals surface area contributed by atoms with E-state index in [0.717, 1.165) is 16.9 Å². The summed E-state index contributed by atoms with van der Waals surface area (Å²) < 4.78 is 5.74. The predicted molar refractivity (Wildman–Crippen MR) is 103 cm³/mol. The summed E-state index contributed by atoms with van der Waals surface area (Å²) in [5, 5.41) is 12.1. The third-order valence-corrected chi connectivity index (χ3v) is 3.67. The van der Waals surface area contributed by atoms with Gasteiger partial charge in [-0.2, -0.15) is 0 Å². The fourth-order valence-corrected chi connectivity index (χ4v) is 2.36. The van der Waals surface area contributed by atoms with Gasteiger partial charge in [-0.25, -0.2) is 0 Å². The highest BCUT2D eigenvalue weighted by Crippen LogP contribution is 2.17. The zero-order chi connectivity index (χ0) is 18.2. The summed E-state index contributed by atoms with van der Waals surface area (Å²) in [7, 11) is 0. The van der Waals surface area contributed by atoms with Crippen molar-refractivity contribution in [2.24, 2.45) is 0 Å². The summed E-state index contributed by atoms with van der Waals surface area (Å²) in [6.45, 7) is 0.516. The molecule has 0 bridgehead atoms. The largest absolute Gasteiger partial charge is 0.508 e. The second-order valence-electron chi connectivity index (χ2n) is 5.72. The Morgan fingerprint density at radius 3 is 2.46 bits per heavy atom. The molecule has 0 unspecified atom stereocenters. The van der Waals surface area contributed by atoms with Crippen molar-refractivity contribution in [3.63, 3.8) is 0 Å². The van der Waals surface area contributed by atoms with E-state index in [-0.39, 0.29) is 11.7 Å². The summed E-state index contributed by atoms with van der Waals surface area (Å²) in [5.41, 5.74) is 2.55. The van der Waals surface area contributed by atoms with Crippen molar-refractivity contribution in [1.29, 1.82) is 0 Å². The molecule has 0 saturated heterocycles. The molecule has 0 aliphatic rings. The molecule has 0 aliphatic heterocycles. The lowest BCUT2D eigenvalue weighted by Crippen LogP contribution is -2.07. The van der Waals surface area contributed by atoms with E-state index in [1.54, 1.807) is 24.3 Å². The number of hydrogen-bond acceptors (Lipinski definition) is 3. The van der Waals surface area contributed by atoms with Gasteiger partial charge >= 0.3 is 0 Å². The number of phenols is 1. The standard InChI is InChI=1S/C22H19NO3/c24-20-8-4-7-19(15-20)23-22(25)14-11-17-9-12-21(13-10-17)26-16-18-5-2-1-3-6-18/h1-15,24H,16H2,(H,23,25)/b14-11+. The fraction of sp³-hybridized carbons (Fsp3) is 0.0455. The summed E-state index contributed by atoms with van der Waals surface area (Å²) in [6, 6.07) is 23.9. The van der Waals surface area contributed by atoms with Crippen molar-refractivity contribution in [2.45, 2.75) is 6.61 Å². The van der Waals surface area contributed by atoms with Gasteiger partial charge in [0.1, 0.15) is 18.1 Å². The van der Waals surface area contributed by atoms with Gasteiger partial charge in [0.05, 0.1) is 0 Å². The van der Waals surface area contributed by atoms with E-state index in [0.29, 0.717) is 12.3 Å². The fourth-order valence-electron chi connectivity index (χ4n) is 2.36. The molecule has 3 aromatic rings. The number of ether oxygens (including phenoxy) is 1. The van der Waals surface area contributed by atoms with Gasteiger partial charge in [0.25, 0.3) is 0 Å². The number of amides is 1. The van der Waals surface area contributed by atoms with E-state index in [2.05, 4.69) is 5.32 Å². The van der Waals surface area contributed by atoms with Gasteiger partial charge in [-0.05, 0) is 41.5 Å². The first-order chi connectivity index (χ1) is 12.7. The number of aromatic hydroxyl groups is 1. The van der Waals surface area contributed by atoms with Gasteiger partial charge in [0, 0.05) is 17.8 Å². The molecule has 0 aliphatic carbocycles. The molecule has 3 rings (SSSR count). The molecule has 1 amide bonds. The smallest absolute Gasteiger partial charge is 0.248 e. The molecule has 0 spiro atoms. The molecule has 3 aromatic carbocycles. The van der Waals surface area contributed by atoms with Gasteiger partial charge in [0.15, 0.2) is 0 Å². The molecular formula is C22H19NO3. The third kappa shape index (κ3) is 5.24. The number of rotatable bonds is 6. The average Bonchev–Trinajstić information content (AvgIpc) is 2.66. The number of hydrogen-bond donors (Lipinski definition) is 2. The molecule has 0 aromatic heterocycles. The normalized spacial score (nSPS) is 10.6. The van der Waals surface area contributed by atoms with Crippen LogP contribution in [0.3, 0.4) is 0 Å². The van der Waals surface area contributed by atoms with Gasteiger partial charge in [0.2, 0.25) is 5.91 Å². The van der Waals surface area contributed by atoms with Crippen molar-refractivity contribution >= 4 is 17.7 Å². The van der Waals surface area contributed by atoms with E-state index in [9.17, 15) is 9.90 Å². The van der Waals surface area contributed by atoms with Gasteiger partial charge in [-0.1, -0.05) is 48.5 Å². The molecule has 4 nitrogen and oxygen atoms in total. The highest BCUT2D eigenvalue weighted by molar-refractivity contribution is 6.02. The molecular weight excluding hydrogens is 326 g/mol. The minimum atomic E-state index is -0.264. The minimum absolute atomic E-state index is 0.109. The SMILES string of the molecule is O=C(/C=C/c1ccc(OCc2ccccc2)cc1)Nc1cccc(O)c1. The van der Waals surface area contributed by atoms with E-state index in [4.69, 9.17) is 4.74 Å². The monoisotopic (exact) mass is 345 g/mol. The number of benzene rings is 3. The van der Waals surface area contributed by atoms with Crippen molar-refractivity contribution in [3.8, 4) is 11.5 Å². The first-order valence-corrected chi connectivity index (χ1v) is 8.24. The molecule has 130 valence electrons. The van der Waals surface area contributed by atoms with Gasteiger partial charge in [-0.15, -0.1) is 0 Å². The van der Waals surface area contributed by atoms with E-state index in [1.165, 1.54) is 12.1 Å². The number of phenolic OH excluding ortho intramolecular Hbond substituents is 1. The Kier molecular flexibility index (Phi) is 5.68. The van der Waals surface area contributed by atoms with E-state index >= 15 is 0 Å². The molecule has 0 radical (unpaired) electrons. The Labute approximate surface area is 152 Å².